The lowest BCUT2D eigenvalue weighted by Gasteiger charge is -1.98. The summed E-state index contributed by atoms with van der Waals surface area (Å²) in [5.41, 5.74) is 6.04. The van der Waals surface area contributed by atoms with Crippen molar-refractivity contribution in [2.45, 2.75) is 13.8 Å². The molecule has 4 nitrogen and oxygen atoms in total. The van der Waals surface area contributed by atoms with Gasteiger partial charge in [0, 0.05) is 12.6 Å². The molecule has 1 amide bonds. The molecule has 12 heavy (non-hydrogen) atoms. The van der Waals surface area contributed by atoms with Gasteiger partial charge in [-0.05, 0) is 25.8 Å². The van der Waals surface area contributed by atoms with E-state index in [1.54, 1.807) is 19.1 Å². The van der Waals surface area contributed by atoms with Gasteiger partial charge in [-0.1, -0.05) is 0 Å². The van der Waals surface area contributed by atoms with E-state index in [-0.39, 0.29) is 5.91 Å². The average Bonchev–Trinajstić information content (AvgIpc) is 1.99. The van der Waals surface area contributed by atoms with Crippen LogP contribution in [0.2, 0.25) is 0 Å². The molecule has 0 aromatic rings. The fourth-order valence-corrected chi connectivity index (χ4v) is 0.582. The van der Waals surface area contributed by atoms with Crippen molar-refractivity contribution in [3.8, 4) is 0 Å². The molecule has 0 radical (unpaired) electrons. The third-order valence-corrected chi connectivity index (χ3v) is 1.06. The van der Waals surface area contributed by atoms with Gasteiger partial charge in [0.1, 0.15) is 5.82 Å². The smallest absolute Gasteiger partial charge is 0.220 e. The monoisotopic (exact) mass is 167 g/mol. The standard InChI is InChI=1S/C8H13N3O/c1-6(11-7(2)12)4-5-8(9)10-3/h4-5H,3,9H2,1-2H3,(H,11,12)/b6-4+,8-5-. The molecule has 0 aliphatic rings. The molecule has 66 valence electrons. The van der Waals surface area contributed by atoms with Gasteiger partial charge in [0.05, 0.1) is 0 Å². The molecule has 0 atom stereocenters. The molecule has 0 rings (SSSR count). The molecular formula is C8H13N3O. The lowest BCUT2D eigenvalue weighted by atomic mass is 10.4. The number of nitrogens with one attached hydrogen (secondary N) is 1. The number of hydrogen-bond acceptors (Lipinski definition) is 3. The fourth-order valence-electron chi connectivity index (χ4n) is 0.582. The molecule has 0 aliphatic carbocycles. The Hall–Kier alpha value is -1.58. The Balaban J connectivity index is 4.17. The minimum Gasteiger partial charge on any atom is -0.384 e. The van der Waals surface area contributed by atoms with Crippen LogP contribution < -0.4 is 11.1 Å². The van der Waals surface area contributed by atoms with Crippen LogP contribution in [0, 0.1) is 0 Å². The zero-order valence-electron chi connectivity index (χ0n) is 7.29. The second-order valence-corrected chi connectivity index (χ2v) is 2.28. The maximum absolute atomic E-state index is 10.5. The first-order valence-corrected chi connectivity index (χ1v) is 3.44. The van der Waals surface area contributed by atoms with Crippen LogP contribution in [0.5, 0.6) is 0 Å². The third kappa shape index (κ3) is 5.22. The van der Waals surface area contributed by atoms with E-state index in [0.29, 0.717) is 11.5 Å². The van der Waals surface area contributed by atoms with Crippen LogP contribution in [0.15, 0.2) is 28.7 Å². The molecule has 0 heterocycles. The zero-order chi connectivity index (χ0) is 9.56. The Morgan fingerprint density at radius 3 is 2.50 bits per heavy atom. The maximum atomic E-state index is 10.5. The van der Waals surface area contributed by atoms with Crippen molar-refractivity contribution in [2.75, 3.05) is 0 Å². The SMILES string of the molecule is C=N/C(N)=C\C=C(/C)NC(C)=O. The van der Waals surface area contributed by atoms with Crippen LogP contribution in [0.3, 0.4) is 0 Å². The number of rotatable bonds is 3. The van der Waals surface area contributed by atoms with Gasteiger partial charge in [0.15, 0.2) is 0 Å². The Morgan fingerprint density at radius 2 is 2.08 bits per heavy atom. The Labute approximate surface area is 71.9 Å². The van der Waals surface area contributed by atoms with Crippen LogP contribution in [0.4, 0.5) is 0 Å². The van der Waals surface area contributed by atoms with Crippen molar-refractivity contribution in [1.82, 2.24) is 5.32 Å². The lowest BCUT2D eigenvalue weighted by Crippen LogP contribution is -2.16. The van der Waals surface area contributed by atoms with E-state index in [1.807, 2.05) is 0 Å². The number of nitrogens with two attached hydrogens (primary N) is 1. The molecule has 3 N–H and O–H groups in total. The zero-order valence-corrected chi connectivity index (χ0v) is 7.29. The summed E-state index contributed by atoms with van der Waals surface area (Å²) in [6.45, 7) is 6.44. The molecule has 0 saturated carbocycles. The van der Waals surface area contributed by atoms with E-state index >= 15 is 0 Å². The van der Waals surface area contributed by atoms with E-state index in [4.69, 9.17) is 5.73 Å². The topological polar surface area (TPSA) is 67.5 Å². The maximum Gasteiger partial charge on any atom is 0.220 e. The van der Waals surface area contributed by atoms with Crippen LogP contribution in [0.1, 0.15) is 13.8 Å². The first-order chi connectivity index (χ1) is 5.56. The number of carbonyl (C=O) groups excluding carboxylic acids is 1. The highest BCUT2D eigenvalue weighted by Crippen LogP contribution is 1.90. The highest BCUT2D eigenvalue weighted by atomic mass is 16.1. The second-order valence-electron chi connectivity index (χ2n) is 2.28. The quantitative estimate of drug-likeness (QED) is 0.475. The summed E-state index contributed by atoms with van der Waals surface area (Å²) in [4.78, 5) is 14.0. The van der Waals surface area contributed by atoms with Crippen molar-refractivity contribution >= 4 is 12.6 Å². The minimum atomic E-state index is -0.109. The molecule has 0 spiro atoms. The summed E-state index contributed by atoms with van der Waals surface area (Å²) in [7, 11) is 0. The number of amides is 1. The molecular weight excluding hydrogens is 154 g/mol. The van der Waals surface area contributed by atoms with Crippen molar-refractivity contribution in [3.05, 3.63) is 23.7 Å². The van der Waals surface area contributed by atoms with Gasteiger partial charge >= 0.3 is 0 Å². The van der Waals surface area contributed by atoms with Crippen LogP contribution in [0.25, 0.3) is 0 Å². The van der Waals surface area contributed by atoms with Crippen LogP contribution >= 0.6 is 0 Å². The number of aliphatic imine (C=N–C) groups is 1. The van der Waals surface area contributed by atoms with Crippen molar-refractivity contribution in [3.63, 3.8) is 0 Å². The summed E-state index contributed by atoms with van der Waals surface area (Å²) in [6.07, 6.45) is 3.23. The normalized spacial score (nSPS) is 12.5. The van der Waals surface area contributed by atoms with Crippen molar-refractivity contribution in [2.24, 2.45) is 10.7 Å². The summed E-state index contributed by atoms with van der Waals surface area (Å²) < 4.78 is 0. The highest BCUT2D eigenvalue weighted by molar-refractivity contribution is 5.74. The summed E-state index contributed by atoms with van der Waals surface area (Å²) in [6, 6.07) is 0. The molecule has 0 bridgehead atoms. The van der Waals surface area contributed by atoms with Gasteiger partial charge in [0.2, 0.25) is 5.91 Å². The van der Waals surface area contributed by atoms with Gasteiger partial charge in [-0.15, -0.1) is 0 Å². The summed E-state index contributed by atoms with van der Waals surface area (Å²) >= 11 is 0. The molecule has 4 heteroatoms. The van der Waals surface area contributed by atoms with Crippen molar-refractivity contribution in [1.29, 1.82) is 0 Å². The Kier molecular flexibility index (Phi) is 4.45. The predicted molar refractivity (Wildman–Crippen MR) is 49.4 cm³/mol. The Bertz CT molecular complexity index is 241. The third-order valence-electron chi connectivity index (χ3n) is 1.06. The first-order valence-electron chi connectivity index (χ1n) is 3.44. The van der Waals surface area contributed by atoms with E-state index in [1.165, 1.54) is 6.92 Å². The van der Waals surface area contributed by atoms with Gasteiger partial charge < -0.3 is 11.1 Å². The number of allylic oxidation sites excluding steroid dienone is 3. The summed E-state index contributed by atoms with van der Waals surface area (Å²) in [5.74, 6) is 0.210. The van der Waals surface area contributed by atoms with E-state index in [9.17, 15) is 4.79 Å². The highest BCUT2D eigenvalue weighted by Gasteiger charge is 1.89. The largest absolute Gasteiger partial charge is 0.384 e. The molecule has 0 aliphatic heterocycles. The van der Waals surface area contributed by atoms with E-state index < -0.39 is 0 Å². The average molecular weight is 167 g/mol. The predicted octanol–water partition coefficient (Wildman–Crippen LogP) is 0.527. The number of carbonyl (C=O) groups is 1. The molecule has 0 fully saturated rings. The molecule has 0 aromatic carbocycles. The number of nitrogens with zero attached hydrogens (tertiary/aromatic N) is 1. The number of hydrogen-bond donors (Lipinski definition) is 2. The van der Waals surface area contributed by atoms with Crippen molar-refractivity contribution < 1.29 is 4.79 Å². The fraction of sp³-hybridized carbons (Fsp3) is 0.250. The van der Waals surface area contributed by atoms with Gasteiger partial charge in [-0.25, -0.2) is 4.99 Å². The van der Waals surface area contributed by atoms with Crippen LogP contribution in [-0.4, -0.2) is 12.6 Å². The van der Waals surface area contributed by atoms with E-state index in [0.717, 1.165) is 0 Å². The summed E-state index contributed by atoms with van der Waals surface area (Å²) in [5, 5.41) is 2.58. The molecule has 0 unspecified atom stereocenters. The lowest BCUT2D eigenvalue weighted by molar-refractivity contribution is -0.118. The second kappa shape index (κ2) is 5.12. The van der Waals surface area contributed by atoms with Crippen LogP contribution in [-0.2, 0) is 4.79 Å². The first kappa shape index (κ1) is 10.4. The Morgan fingerprint density at radius 1 is 1.50 bits per heavy atom. The minimum absolute atomic E-state index is 0.109. The van der Waals surface area contributed by atoms with Gasteiger partial charge in [-0.3, -0.25) is 4.79 Å². The molecule has 0 aromatic heterocycles. The molecule has 0 saturated heterocycles. The van der Waals surface area contributed by atoms with Gasteiger partial charge in [-0.2, -0.15) is 0 Å². The van der Waals surface area contributed by atoms with E-state index in [2.05, 4.69) is 17.0 Å². The van der Waals surface area contributed by atoms with Gasteiger partial charge in [0.25, 0.3) is 0 Å².